The number of rotatable bonds is 3. The predicted molar refractivity (Wildman–Crippen MR) is 89.6 cm³/mol. The van der Waals surface area contributed by atoms with E-state index in [2.05, 4.69) is 51.9 Å². The van der Waals surface area contributed by atoms with Crippen molar-refractivity contribution in [3.05, 3.63) is 45.3 Å². The number of nitrogens with zero attached hydrogens (tertiary/aromatic N) is 3. The van der Waals surface area contributed by atoms with Gasteiger partial charge in [0.15, 0.2) is 5.13 Å². The maximum atomic E-state index is 12.1. The molecule has 0 aliphatic heterocycles. The first-order valence-electron chi connectivity index (χ1n) is 6.68. The standard InChI is InChI=1S/C15H14N4OS2/c1-8-4-5-11(9(2)6-8)12-7-21-15(16-12)17-14(20)13-10(3)18-19-22-13/h4-7H,1-3H3,(H,16,17,20). The predicted octanol–water partition coefficient (Wildman–Crippen LogP) is 3.84. The van der Waals surface area contributed by atoms with Gasteiger partial charge < -0.3 is 0 Å². The summed E-state index contributed by atoms with van der Waals surface area (Å²) in [7, 11) is 0. The number of aromatic nitrogens is 3. The minimum atomic E-state index is -0.214. The number of anilines is 1. The lowest BCUT2D eigenvalue weighted by Crippen LogP contribution is -2.11. The maximum absolute atomic E-state index is 12.1. The number of thiazole rings is 1. The summed E-state index contributed by atoms with van der Waals surface area (Å²) < 4.78 is 3.77. The second kappa shape index (κ2) is 5.94. The summed E-state index contributed by atoms with van der Waals surface area (Å²) in [5, 5.41) is 9.17. The van der Waals surface area contributed by atoms with Crippen molar-refractivity contribution >= 4 is 33.9 Å². The zero-order valence-electron chi connectivity index (χ0n) is 12.4. The highest BCUT2D eigenvalue weighted by Crippen LogP contribution is 2.28. The van der Waals surface area contributed by atoms with Gasteiger partial charge in [-0.3, -0.25) is 10.1 Å². The smallest absolute Gasteiger partial charge is 0.271 e. The quantitative estimate of drug-likeness (QED) is 0.792. The normalized spacial score (nSPS) is 10.7. The van der Waals surface area contributed by atoms with Crippen molar-refractivity contribution in [2.24, 2.45) is 0 Å². The molecule has 0 saturated heterocycles. The Labute approximate surface area is 136 Å². The number of carbonyl (C=O) groups excluding carboxylic acids is 1. The minimum Gasteiger partial charge on any atom is -0.297 e. The molecular weight excluding hydrogens is 316 g/mol. The lowest BCUT2D eigenvalue weighted by atomic mass is 10.0. The van der Waals surface area contributed by atoms with Crippen molar-refractivity contribution in [3.8, 4) is 11.3 Å². The lowest BCUT2D eigenvalue weighted by Gasteiger charge is -2.03. The Balaban J connectivity index is 1.82. The number of benzene rings is 1. The maximum Gasteiger partial charge on any atom is 0.271 e. The molecule has 22 heavy (non-hydrogen) atoms. The van der Waals surface area contributed by atoms with Gasteiger partial charge in [-0.15, -0.1) is 16.4 Å². The lowest BCUT2D eigenvalue weighted by molar-refractivity contribution is 0.103. The number of carbonyl (C=O) groups is 1. The second-order valence-electron chi connectivity index (χ2n) is 5.00. The third-order valence-corrected chi connectivity index (χ3v) is 4.82. The molecule has 2 heterocycles. The third-order valence-electron chi connectivity index (χ3n) is 3.24. The molecule has 1 N–H and O–H groups in total. The molecule has 0 radical (unpaired) electrons. The van der Waals surface area contributed by atoms with E-state index in [0.29, 0.717) is 15.7 Å². The van der Waals surface area contributed by atoms with Crippen molar-refractivity contribution in [1.29, 1.82) is 0 Å². The van der Waals surface area contributed by atoms with Crippen LogP contribution in [0.4, 0.5) is 5.13 Å². The first kappa shape index (κ1) is 14.8. The Bertz CT molecular complexity index is 838. The molecule has 1 amide bonds. The van der Waals surface area contributed by atoms with E-state index >= 15 is 0 Å². The first-order valence-corrected chi connectivity index (χ1v) is 8.33. The number of aryl methyl sites for hydroxylation is 3. The molecule has 0 spiro atoms. The molecule has 0 bridgehead atoms. The molecule has 3 aromatic rings. The summed E-state index contributed by atoms with van der Waals surface area (Å²) in [5.41, 5.74) is 4.98. The number of amides is 1. The van der Waals surface area contributed by atoms with Gasteiger partial charge in [0, 0.05) is 10.9 Å². The van der Waals surface area contributed by atoms with E-state index in [4.69, 9.17) is 0 Å². The van der Waals surface area contributed by atoms with Crippen LogP contribution in [0.2, 0.25) is 0 Å². The van der Waals surface area contributed by atoms with Crippen LogP contribution in [-0.2, 0) is 0 Å². The minimum absolute atomic E-state index is 0.214. The van der Waals surface area contributed by atoms with E-state index in [1.165, 1.54) is 22.5 Å². The van der Waals surface area contributed by atoms with Crippen molar-refractivity contribution in [2.45, 2.75) is 20.8 Å². The van der Waals surface area contributed by atoms with Crippen LogP contribution in [0, 0.1) is 20.8 Å². The van der Waals surface area contributed by atoms with E-state index in [0.717, 1.165) is 22.8 Å². The van der Waals surface area contributed by atoms with E-state index in [1.54, 1.807) is 6.92 Å². The van der Waals surface area contributed by atoms with E-state index in [-0.39, 0.29) is 5.91 Å². The van der Waals surface area contributed by atoms with Crippen molar-refractivity contribution in [3.63, 3.8) is 0 Å². The monoisotopic (exact) mass is 330 g/mol. The van der Waals surface area contributed by atoms with Crippen molar-refractivity contribution in [2.75, 3.05) is 5.32 Å². The summed E-state index contributed by atoms with van der Waals surface area (Å²) in [5.74, 6) is -0.214. The third kappa shape index (κ3) is 2.90. The van der Waals surface area contributed by atoms with Crippen LogP contribution in [0.5, 0.6) is 0 Å². The number of hydrogen-bond donors (Lipinski definition) is 1. The van der Waals surface area contributed by atoms with E-state index in [1.807, 2.05) is 5.38 Å². The van der Waals surface area contributed by atoms with Gasteiger partial charge in [0.1, 0.15) is 4.88 Å². The van der Waals surface area contributed by atoms with E-state index < -0.39 is 0 Å². The first-order chi connectivity index (χ1) is 10.5. The molecule has 3 rings (SSSR count). The van der Waals surface area contributed by atoms with Crippen molar-refractivity contribution in [1.82, 2.24) is 14.6 Å². The second-order valence-corrected chi connectivity index (χ2v) is 6.61. The molecule has 0 atom stereocenters. The fourth-order valence-corrected chi connectivity index (χ4v) is 3.41. The summed E-state index contributed by atoms with van der Waals surface area (Å²) in [6.45, 7) is 5.89. The van der Waals surface area contributed by atoms with Gasteiger partial charge in [-0.1, -0.05) is 28.3 Å². The molecule has 0 unspecified atom stereocenters. The highest BCUT2D eigenvalue weighted by molar-refractivity contribution is 7.14. The summed E-state index contributed by atoms with van der Waals surface area (Å²) >= 11 is 2.50. The highest BCUT2D eigenvalue weighted by atomic mass is 32.1. The molecule has 112 valence electrons. The fraction of sp³-hybridized carbons (Fsp3) is 0.200. The highest BCUT2D eigenvalue weighted by Gasteiger charge is 2.15. The molecule has 0 saturated carbocycles. The Kier molecular flexibility index (Phi) is 4.00. The zero-order chi connectivity index (χ0) is 15.7. The van der Waals surface area contributed by atoms with Crippen LogP contribution in [-0.4, -0.2) is 20.5 Å². The zero-order valence-corrected chi connectivity index (χ0v) is 14.0. The van der Waals surface area contributed by atoms with Gasteiger partial charge in [-0.25, -0.2) is 4.98 Å². The van der Waals surface area contributed by atoms with Gasteiger partial charge >= 0.3 is 0 Å². The molecule has 5 nitrogen and oxygen atoms in total. The van der Waals surface area contributed by atoms with Crippen LogP contribution >= 0.6 is 22.9 Å². The SMILES string of the molecule is Cc1ccc(-c2csc(NC(=O)c3snnc3C)n2)c(C)c1. The van der Waals surface area contributed by atoms with Gasteiger partial charge in [0.05, 0.1) is 11.4 Å². The molecule has 0 aliphatic carbocycles. The fourth-order valence-electron chi connectivity index (χ4n) is 2.15. The van der Waals surface area contributed by atoms with E-state index in [9.17, 15) is 4.79 Å². The Morgan fingerprint density at radius 3 is 2.73 bits per heavy atom. The summed E-state index contributed by atoms with van der Waals surface area (Å²) in [6.07, 6.45) is 0. The van der Waals surface area contributed by atoms with Gasteiger partial charge in [0.2, 0.25) is 0 Å². The Morgan fingerprint density at radius 1 is 1.23 bits per heavy atom. The Hall–Kier alpha value is -2.12. The van der Waals surface area contributed by atoms with Gasteiger partial charge in [0.25, 0.3) is 5.91 Å². The average molecular weight is 330 g/mol. The molecule has 0 aliphatic rings. The molecule has 1 aromatic carbocycles. The van der Waals surface area contributed by atoms with Crippen LogP contribution in [0.1, 0.15) is 26.5 Å². The number of nitrogens with one attached hydrogen (secondary N) is 1. The summed E-state index contributed by atoms with van der Waals surface area (Å²) in [4.78, 5) is 17.2. The average Bonchev–Trinajstić information content (AvgIpc) is 3.08. The molecular formula is C15H14N4OS2. The van der Waals surface area contributed by atoms with Crippen LogP contribution < -0.4 is 5.32 Å². The van der Waals surface area contributed by atoms with Gasteiger partial charge in [-0.2, -0.15) is 0 Å². The summed E-state index contributed by atoms with van der Waals surface area (Å²) in [6, 6.07) is 6.24. The van der Waals surface area contributed by atoms with Crippen LogP contribution in [0.15, 0.2) is 23.6 Å². The largest absolute Gasteiger partial charge is 0.297 e. The van der Waals surface area contributed by atoms with Crippen LogP contribution in [0.3, 0.4) is 0 Å². The van der Waals surface area contributed by atoms with Crippen molar-refractivity contribution < 1.29 is 4.79 Å². The van der Waals surface area contributed by atoms with Crippen LogP contribution in [0.25, 0.3) is 11.3 Å². The molecule has 7 heteroatoms. The molecule has 0 fully saturated rings. The number of hydrogen-bond acceptors (Lipinski definition) is 6. The molecule has 2 aromatic heterocycles. The topological polar surface area (TPSA) is 67.8 Å². The Morgan fingerprint density at radius 2 is 2.05 bits per heavy atom. The van der Waals surface area contributed by atoms with Gasteiger partial charge in [-0.05, 0) is 37.9 Å².